The summed E-state index contributed by atoms with van der Waals surface area (Å²) >= 11 is 0. The zero-order valence-corrected chi connectivity index (χ0v) is 11.8. The minimum Gasteiger partial charge on any atom is -0.454 e. The molecule has 0 amide bonds. The van der Waals surface area contributed by atoms with Crippen molar-refractivity contribution in [3.8, 4) is 22.8 Å². The lowest BCUT2D eigenvalue weighted by Gasteiger charge is -2.08. The number of halogens is 1. The number of benzene rings is 2. The highest BCUT2D eigenvalue weighted by Crippen LogP contribution is 2.37. The second-order valence-electron chi connectivity index (χ2n) is 5.25. The Morgan fingerprint density at radius 3 is 2.82 bits per heavy atom. The summed E-state index contributed by atoms with van der Waals surface area (Å²) in [4.78, 5) is 15.5. The molecule has 22 heavy (non-hydrogen) atoms. The molecule has 0 fully saturated rings. The van der Waals surface area contributed by atoms with Crippen LogP contribution in [-0.2, 0) is 0 Å². The third-order valence-electron chi connectivity index (χ3n) is 3.75. The monoisotopic (exact) mass is 297 g/mol. The number of nitrogens with one attached hydrogen (secondary N) is 1. The van der Waals surface area contributed by atoms with Crippen LogP contribution in [0.1, 0.15) is 5.56 Å². The molecule has 0 atom stereocenters. The Balaban J connectivity index is 1.98. The van der Waals surface area contributed by atoms with E-state index < -0.39 is 0 Å². The van der Waals surface area contributed by atoms with Crippen molar-refractivity contribution in [2.45, 2.75) is 6.92 Å². The van der Waals surface area contributed by atoms with Gasteiger partial charge in [0, 0.05) is 11.6 Å². The van der Waals surface area contributed by atoms with E-state index in [4.69, 9.17) is 9.47 Å². The highest BCUT2D eigenvalue weighted by atomic mass is 19.1. The minimum atomic E-state index is -0.365. The maximum absolute atomic E-state index is 14.1. The number of fused-ring (bicyclic) bond motifs is 3. The van der Waals surface area contributed by atoms with Gasteiger partial charge in [-0.15, -0.1) is 0 Å². The summed E-state index contributed by atoms with van der Waals surface area (Å²) in [6.07, 6.45) is 0. The zero-order valence-electron chi connectivity index (χ0n) is 11.8. The van der Waals surface area contributed by atoms with Crippen LogP contribution in [0, 0.1) is 12.7 Å². The van der Waals surface area contributed by atoms with Crippen LogP contribution in [-0.4, -0.2) is 11.8 Å². The third-order valence-corrected chi connectivity index (χ3v) is 3.75. The molecule has 4 nitrogen and oxygen atoms in total. The molecule has 0 radical (unpaired) electrons. The summed E-state index contributed by atoms with van der Waals surface area (Å²) in [7, 11) is 0. The van der Waals surface area contributed by atoms with Gasteiger partial charge in [-0.25, -0.2) is 4.39 Å². The van der Waals surface area contributed by atoms with Crippen molar-refractivity contribution in [2.75, 3.05) is 6.79 Å². The number of hydrogen-bond donors (Lipinski definition) is 1. The minimum absolute atomic E-state index is 0.0994. The first-order valence-electron chi connectivity index (χ1n) is 6.85. The maximum atomic E-state index is 14.1. The topological polar surface area (TPSA) is 51.3 Å². The normalized spacial score (nSPS) is 12.8. The van der Waals surface area contributed by atoms with Crippen molar-refractivity contribution in [2.24, 2.45) is 0 Å². The van der Waals surface area contributed by atoms with Gasteiger partial charge in [0.05, 0.1) is 16.6 Å². The fraction of sp³-hybridized carbons (Fsp3) is 0.118. The van der Waals surface area contributed by atoms with Crippen LogP contribution in [0.4, 0.5) is 4.39 Å². The Bertz CT molecular complexity index is 962. The predicted molar refractivity (Wildman–Crippen MR) is 80.8 cm³/mol. The van der Waals surface area contributed by atoms with Gasteiger partial charge in [-0.3, -0.25) is 4.79 Å². The maximum Gasteiger partial charge on any atom is 0.231 e. The van der Waals surface area contributed by atoms with E-state index in [1.165, 1.54) is 12.1 Å². The van der Waals surface area contributed by atoms with E-state index in [9.17, 15) is 9.18 Å². The van der Waals surface area contributed by atoms with Crippen molar-refractivity contribution in [1.29, 1.82) is 0 Å². The molecule has 1 aliphatic heterocycles. The number of H-pyrrole nitrogens is 1. The summed E-state index contributed by atoms with van der Waals surface area (Å²) in [6, 6.07) is 9.76. The Morgan fingerprint density at radius 2 is 2.00 bits per heavy atom. The standard InChI is InChI=1S/C17H12FNO3/c1-9-2-3-10(11(18)6-9)13-7-14(20)16-12(19-13)4-5-15-17(16)22-8-21-15/h2-7H,8H2,1H3,(H,19,20). The van der Waals surface area contributed by atoms with Crippen molar-refractivity contribution in [3.05, 3.63) is 58.0 Å². The molecule has 0 spiro atoms. The third kappa shape index (κ3) is 1.86. The number of ether oxygens (including phenoxy) is 2. The largest absolute Gasteiger partial charge is 0.454 e. The van der Waals surface area contributed by atoms with Crippen LogP contribution in [0.2, 0.25) is 0 Å². The molecule has 110 valence electrons. The summed E-state index contributed by atoms with van der Waals surface area (Å²) in [6.45, 7) is 1.92. The lowest BCUT2D eigenvalue weighted by molar-refractivity contribution is 0.175. The van der Waals surface area contributed by atoms with Crippen LogP contribution < -0.4 is 14.9 Å². The SMILES string of the molecule is Cc1ccc(-c2cc(=O)c3c4c(ccc3[nH]2)OCO4)c(F)c1. The molecule has 0 unspecified atom stereocenters. The van der Waals surface area contributed by atoms with Crippen LogP contribution in [0.3, 0.4) is 0 Å². The second kappa shape index (κ2) is 4.59. The van der Waals surface area contributed by atoms with Crippen LogP contribution in [0.15, 0.2) is 41.2 Å². The fourth-order valence-electron chi connectivity index (χ4n) is 2.69. The van der Waals surface area contributed by atoms with Crippen LogP contribution >= 0.6 is 0 Å². The van der Waals surface area contributed by atoms with E-state index in [-0.39, 0.29) is 18.0 Å². The van der Waals surface area contributed by atoms with Gasteiger partial charge in [-0.2, -0.15) is 0 Å². The first-order chi connectivity index (χ1) is 10.6. The van der Waals surface area contributed by atoms with Gasteiger partial charge in [0.2, 0.25) is 6.79 Å². The molecule has 0 bridgehead atoms. The number of aromatic nitrogens is 1. The summed E-state index contributed by atoms with van der Waals surface area (Å²) < 4.78 is 24.8. The molecular formula is C17H12FNO3. The van der Waals surface area contributed by atoms with E-state index in [2.05, 4.69) is 4.98 Å². The quantitative estimate of drug-likeness (QED) is 0.749. The van der Waals surface area contributed by atoms with Crippen molar-refractivity contribution >= 4 is 10.9 Å². The molecule has 0 saturated carbocycles. The zero-order chi connectivity index (χ0) is 15.3. The van der Waals surface area contributed by atoms with Crippen molar-refractivity contribution in [3.63, 3.8) is 0 Å². The van der Waals surface area contributed by atoms with E-state index >= 15 is 0 Å². The van der Waals surface area contributed by atoms with Crippen LogP contribution in [0.5, 0.6) is 11.5 Å². The highest BCUT2D eigenvalue weighted by molar-refractivity contribution is 5.89. The highest BCUT2D eigenvalue weighted by Gasteiger charge is 2.20. The molecule has 0 saturated heterocycles. The van der Waals surface area contributed by atoms with Gasteiger partial charge in [-0.05, 0) is 36.8 Å². The lowest BCUT2D eigenvalue weighted by atomic mass is 10.1. The fourth-order valence-corrected chi connectivity index (χ4v) is 2.69. The molecular weight excluding hydrogens is 285 g/mol. The van der Waals surface area contributed by atoms with Gasteiger partial charge in [-0.1, -0.05) is 6.07 Å². The molecule has 2 heterocycles. The van der Waals surface area contributed by atoms with Crippen molar-refractivity contribution < 1.29 is 13.9 Å². The van der Waals surface area contributed by atoms with Gasteiger partial charge in [0.25, 0.3) is 0 Å². The van der Waals surface area contributed by atoms with Gasteiger partial charge in [0.15, 0.2) is 16.9 Å². The smallest absolute Gasteiger partial charge is 0.231 e. The molecule has 2 aromatic carbocycles. The predicted octanol–water partition coefficient (Wildman–Crippen LogP) is 3.37. The summed E-state index contributed by atoms with van der Waals surface area (Å²) in [5.41, 5.74) is 1.99. The van der Waals surface area contributed by atoms with Gasteiger partial charge in [0.1, 0.15) is 5.82 Å². The van der Waals surface area contributed by atoms with E-state index in [1.807, 2.05) is 6.92 Å². The molecule has 0 aliphatic carbocycles. The average molecular weight is 297 g/mol. The Kier molecular flexibility index (Phi) is 2.69. The van der Waals surface area contributed by atoms with Crippen molar-refractivity contribution in [1.82, 2.24) is 4.98 Å². The average Bonchev–Trinajstić information content (AvgIpc) is 2.95. The number of rotatable bonds is 1. The van der Waals surface area contributed by atoms with Gasteiger partial charge < -0.3 is 14.5 Å². The van der Waals surface area contributed by atoms with E-state index in [1.54, 1.807) is 24.3 Å². The van der Waals surface area contributed by atoms with Gasteiger partial charge >= 0.3 is 0 Å². The first-order valence-corrected chi connectivity index (χ1v) is 6.85. The summed E-state index contributed by atoms with van der Waals surface area (Å²) in [5, 5.41) is 0.422. The number of hydrogen-bond acceptors (Lipinski definition) is 3. The molecule has 1 aromatic heterocycles. The number of aromatic amines is 1. The Hall–Kier alpha value is -2.82. The molecule has 5 heteroatoms. The first kappa shape index (κ1) is 12.9. The lowest BCUT2D eigenvalue weighted by Crippen LogP contribution is -2.05. The van der Waals surface area contributed by atoms with Crippen LogP contribution in [0.25, 0.3) is 22.2 Å². The van der Waals surface area contributed by atoms with E-state index in [0.29, 0.717) is 33.7 Å². The van der Waals surface area contributed by atoms with E-state index in [0.717, 1.165) is 5.56 Å². The molecule has 4 rings (SSSR count). The number of pyridine rings is 1. The Labute approximate surface area is 125 Å². The molecule has 3 aromatic rings. The second-order valence-corrected chi connectivity index (χ2v) is 5.25. The number of aryl methyl sites for hydroxylation is 1. The Morgan fingerprint density at radius 1 is 1.14 bits per heavy atom. The molecule has 1 aliphatic rings. The molecule has 1 N–H and O–H groups in total. The summed E-state index contributed by atoms with van der Waals surface area (Å²) in [5.74, 6) is 0.623.